The molecule has 0 aliphatic heterocycles. The Bertz CT molecular complexity index is 1360. The number of rotatable bonds is 13. The molecule has 0 bridgehead atoms. The molecule has 2 amide bonds. The molecule has 3 aromatic carbocycles. The lowest BCUT2D eigenvalue weighted by Crippen LogP contribution is -2.52. The number of benzene rings is 3. The lowest BCUT2D eigenvalue weighted by Gasteiger charge is -2.32. The Balaban J connectivity index is 1.86. The average Bonchev–Trinajstić information content (AvgIpc) is 2.94. The second-order valence-corrected chi connectivity index (χ2v) is 11.4. The predicted molar refractivity (Wildman–Crippen MR) is 156 cm³/mol. The Morgan fingerprint density at radius 3 is 2.00 bits per heavy atom. The van der Waals surface area contributed by atoms with Gasteiger partial charge < -0.3 is 19.7 Å². The van der Waals surface area contributed by atoms with E-state index in [1.54, 1.807) is 62.6 Å². The van der Waals surface area contributed by atoms with Gasteiger partial charge in [0.05, 0.1) is 19.1 Å². The first-order valence-electron chi connectivity index (χ1n) is 13.0. The summed E-state index contributed by atoms with van der Waals surface area (Å²) in [5, 5.41) is 2.91. The summed E-state index contributed by atoms with van der Waals surface area (Å²) in [6, 6.07) is 21.9. The minimum absolute atomic E-state index is 0.0722. The number of para-hydroxylation sites is 1. The van der Waals surface area contributed by atoms with Gasteiger partial charge in [-0.15, -0.1) is 0 Å². The molecule has 0 heterocycles. The van der Waals surface area contributed by atoms with Crippen LogP contribution >= 0.6 is 0 Å². The quantitative estimate of drug-likeness (QED) is 0.324. The number of sulfonamides is 1. The van der Waals surface area contributed by atoms with E-state index in [2.05, 4.69) is 5.32 Å². The monoisotopic (exact) mass is 567 g/mol. The Hall–Kier alpha value is -4.05. The first-order chi connectivity index (χ1) is 19.0. The largest absolute Gasteiger partial charge is 0.497 e. The molecule has 0 aliphatic carbocycles. The van der Waals surface area contributed by atoms with Gasteiger partial charge in [-0.1, -0.05) is 37.3 Å². The maximum Gasteiger partial charge on any atom is 0.244 e. The van der Waals surface area contributed by atoms with Gasteiger partial charge in [0.15, 0.2) is 0 Å². The molecule has 0 spiro atoms. The van der Waals surface area contributed by atoms with Crippen molar-refractivity contribution in [3.8, 4) is 17.2 Å². The summed E-state index contributed by atoms with van der Waals surface area (Å²) in [4.78, 5) is 28.1. The van der Waals surface area contributed by atoms with Crippen molar-refractivity contribution in [3.63, 3.8) is 0 Å². The number of anilines is 1. The Kier molecular flexibility index (Phi) is 10.6. The zero-order chi connectivity index (χ0) is 29.3. The fourth-order valence-corrected chi connectivity index (χ4v) is 4.74. The maximum absolute atomic E-state index is 13.7. The van der Waals surface area contributed by atoms with Gasteiger partial charge in [0.1, 0.15) is 29.8 Å². The number of nitrogens with one attached hydrogen (secondary N) is 1. The van der Waals surface area contributed by atoms with E-state index in [0.29, 0.717) is 22.9 Å². The van der Waals surface area contributed by atoms with E-state index >= 15 is 0 Å². The molecule has 40 heavy (non-hydrogen) atoms. The van der Waals surface area contributed by atoms with Crippen molar-refractivity contribution in [1.29, 1.82) is 0 Å². The summed E-state index contributed by atoms with van der Waals surface area (Å²) < 4.78 is 37.7. The van der Waals surface area contributed by atoms with E-state index in [0.717, 1.165) is 22.5 Å². The smallest absolute Gasteiger partial charge is 0.244 e. The predicted octanol–water partition coefficient (Wildman–Crippen LogP) is 4.59. The van der Waals surface area contributed by atoms with E-state index in [4.69, 9.17) is 9.47 Å². The van der Waals surface area contributed by atoms with Crippen molar-refractivity contribution in [2.75, 3.05) is 24.2 Å². The highest BCUT2D eigenvalue weighted by atomic mass is 32.2. The molecule has 10 heteroatoms. The second-order valence-electron chi connectivity index (χ2n) is 9.54. The molecule has 0 saturated carbocycles. The van der Waals surface area contributed by atoms with Gasteiger partial charge in [-0.25, -0.2) is 8.42 Å². The zero-order valence-electron chi connectivity index (χ0n) is 23.5. The number of hydrogen-bond acceptors (Lipinski definition) is 6. The van der Waals surface area contributed by atoms with Crippen LogP contribution in [-0.2, 0) is 26.2 Å². The Morgan fingerprint density at radius 2 is 1.45 bits per heavy atom. The summed E-state index contributed by atoms with van der Waals surface area (Å²) in [5.41, 5.74) is 1.07. The van der Waals surface area contributed by atoms with Crippen molar-refractivity contribution in [3.05, 3.63) is 84.4 Å². The second kappa shape index (κ2) is 13.8. The van der Waals surface area contributed by atoms with E-state index in [9.17, 15) is 18.0 Å². The normalized spacial score (nSPS) is 12.6. The van der Waals surface area contributed by atoms with E-state index in [-0.39, 0.29) is 18.5 Å². The standard InChI is InChI=1S/C30H37N3O6S/c1-6-22(2)31-30(35)23(3)32(20-24-12-16-26(38-4)17-13-24)29(34)21-33(40(5,36)37)25-14-18-28(19-15-25)39-27-10-8-7-9-11-27/h7-19,22-23H,6,20-21H2,1-5H3,(H,31,35)/t22-,23+/m1/s1. The Labute approximate surface area is 236 Å². The van der Waals surface area contributed by atoms with Crippen LogP contribution in [0, 0.1) is 0 Å². The Morgan fingerprint density at radius 1 is 0.875 bits per heavy atom. The molecule has 214 valence electrons. The number of ether oxygens (including phenoxy) is 2. The topological polar surface area (TPSA) is 105 Å². The van der Waals surface area contributed by atoms with Crippen LogP contribution in [0.4, 0.5) is 5.69 Å². The highest BCUT2D eigenvalue weighted by Crippen LogP contribution is 2.26. The molecular weight excluding hydrogens is 530 g/mol. The molecule has 0 aromatic heterocycles. The lowest BCUT2D eigenvalue weighted by atomic mass is 10.1. The van der Waals surface area contributed by atoms with Gasteiger partial charge in [-0.3, -0.25) is 13.9 Å². The third-order valence-electron chi connectivity index (χ3n) is 6.46. The number of amides is 2. The number of methoxy groups -OCH3 is 1. The molecule has 0 radical (unpaired) electrons. The van der Waals surface area contributed by atoms with Gasteiger partial charge in [-0.05, 0) is 74.4 Å². The SMILES string of the molecule is CC[C@@H](C)NC(=O)[C@H](C)N(Cc1ccc(OC)cc1)C(=O)CN(c1ccc(Oc2ccccc2)cc1)S(C)(=O)=O. The van der Waals surface area contributed by atoms with Crippen LogP contribution in [0.25, 0.3) is 0 Å². The van der Waals surface area contributed by atoms with Gasteiger partial charge >= 0.3 is 0 Å². The molecule has 1 N–H and O–H groups in total. The van der Waals surface area contributed by atoms with Crippen molar-refractivity contribution < 1.29 is 27.5 Å². The molecule has 0 saturated heterocycles. The van der Waals surface area contributed by atoms with Crippen LogP contribution < -0.4 is 19.1 Å². The molecule has 0 unspecified atom stereocenters. The van der Waals surface area contributed by atoms with Crippen molar-refractivity contribution >= 4 is 27.5 Å². The van der Waals surface area contributed by atoms with Crippen LogP contribution in [0.5, 0.6) is 17.2 Å². The van der Waals surface area contributed by atoms with Crippen LogP contribution in [0.15, 0.2) is 78.9 Å². The number of hydrogen-bond donors (Lipinski definition) is 1. The summed E-state index contributed by atoms with van der Waals surface area (Å²) in [6.07, 6.45) is 1.78. The van der Waals surface area contributed by atoms with Crippen LogP contribution in [0.2, 0.25) is 0 Å². The third kappa shape index (κ3) is 8.47. The fraction of sp³-hybridized carbons (Fsp3) is 0.333. The molecule has 0 fully saturated rings. The highest BCUT2D eigenvalue weighted by molar-refractivity contribution is 7.92. The first-order valence-corrected chi connectivity index (χ1v) is 14.9. The summed E-state index contributed by atoms with van der Waals surface area (Å²) in [5.74, 6) is 0.991. The maximum atomic E-state index is 13.7. The molecular formula is C30H37N3O6S. The molecule has 3 rings (SSSR count). The van der Waals surface area contributed by atoms with Gasteiger partial charge in [0.25, 0.3) is 0 Å². The van der Waals surface area contributed by atoms with E-state index in [1.165, 1.54) is 4.90 Å². The summed E-state index contributed by atoms with van der Waals surface area (Å²) >= 11 is 0. The minimum Gasteiger partial charge on any atom is -0.497 e. The number of nitrogens with zero attached hydrogens (tertiary/aromatic N) is 2. The summed E-state index contributed by atoms with van der Waals surface area (Å²) in [6.45, 7) is 5.11. The van der Waals surface area contributed by atoms with E-state index in [1.807, 2.05) is 44.2 Å². The van der Waals surface area contributed by atoms with Gasteiger partial charge in [0.2, 0.25) is 21.8 Å². The van der Waals surface area contributed by atoms with Crippen LogP contribution in [0.3, 0.4) is 0 Å². The molecule has 3 aromatic rings. The van der Waals surface area contributed by atoms with Crippen molar-refractivity contribution in [1.82, 2.24) is 10.2 Å². The lowest BCUT2D eigenvalue weighted by molar-refractivity contribution is -0.139. The van der Waals surface area contributed by atoms with Gasteiger partial charge in [-0.2, -0.15) is 0 Å². The van der Waals surface area contributed by atoms with E-state index < -0.39 is 28.5 Å². The molecule has 0 aliphatic rings. The highest BCUT2D eigenvalue weighted by Gasteiger charge is 2.30. The van der Waals surface area contributed by atoms with Gasteiger partial charge in [0, 0.05) is 12.6 Å². The minimum atomic E-state index is -3.84. The van der Waals surface area contributed by atoms with Crippen molar-refractivity contribution in [2.24, 2.45) is 0 Å². The van der Waals surface area contributed by atoms with Crippen molar-refractivity contribution in [2.45, 2.75) is 45.8 Å². The molecule has 2 atom stereocenters. The fourth-order valence-electron chi connectivity index (χ4n) is 3.89. The first kappa shape index (κ1) is 30.5. The van der Waals surface area contributed by atoms with Crippen LogP contribution in [0.1, 0.15) is 32.8 Å². The third-order valence-corrected chi connectivity index (χ3v) is 7.60. The summed E-state index contributed by atoms with van der Waals surface area (Å²) in [7, 11) is -2.28. The average molecular weight is 568 g/mol. The number of carbonyl (C=O) groups excluding carboxylic acids is 2. The zero-order valence-corrected chi connectivity index (χ0v) is 24.4. The number of carbonyl (C=O) groups is 2. The molecule has 9 nitrogen and oxygen atoms in total. The van der Waals surface area contributed by atoms with Crippen LogP contribution in [-0.4, -0.2) is 57.1 Å².